The number of carbonyl (C=O) groups excluding carboxylic acids is 1. The first-order chi connectivity index (χ1) is 14.6. The van der Waals surface area contributed by atoms with E-state index >= 15 is 0 Å². The van der Waals surface area contributed by atoms with E-state index in [1.165, 1.54) is 23.0 Å². The molecule has 0 atom stereocenters. The third kappa shape index (κ3) is 4.87. The van der Waals surface area contributed by atoms with Crippen LogP contribution in [0.15, 0.2) is 58.4 Å². The van der Waals surface area contributed by atoms with Gasteiger partial charge in [-0.2, -0.15) is 4.99 Å². The Kier molecular flexibility index (Phi) is 6.43. The van der Waals surface area contributed by atoms with Crippen LogP contribution in [0.2, 0.25) is 0 Å². The smallest absolute Gasteiger partial charge is 0.286 e. The first kappa shape index (κ1) is 20.5. The number of hydrogen-bond donors (Lipinski definition) is 0. The number of carbonyl (C=O) groups is 1. The third-order valence-electron chi connectivity index (χ3n) is 5.21. The van der Waals surface area contributed by atoms with E-state index < -0.39 is 0 Å². The normalized spacial score (nSPS) is 18.1. The minimum atomic E-state index is -0.151. The first-order valence-corrected chi connectivity index (χ1v) is 11.3. The van der Waals surface area contributed by atoms with Crippen LogP contribution < -0.4 is 9.64 Å². The number of rotatable bonds is 5. The van der Waals surface area contributed by atoms with Crippen LogP contribution >= 0.6 is 11.8 Å². The van der Waals surface area contributed by atoms with Crippen molar-refractivity contribution < 1.29 is 9.53 Å². The highest BCUT2D eigenvalue weighted by Crippen LogP contribution is 2.31. The van der Waals surface area contributed by atoms with Gasteiger partial charge in [0.15, 0.2) is 5.17 Å². The van der Waals surface area contributed by atoms with Gasteiger partial charge in [-0.3, -0.25) is 4.79 Å². The van der Waals surface area contributed by atoms with Crippen LogP contribution in [0.4, 0.5) is 5.69 Å². The molecule has 6 heteroatoms. The molecule has 0 bridgehead atoms. The number of anilines is 1. The Bertz CT molecular complexity index is 943. The van der Waals surface area contributed by atoms with Gasteiger partial charge in [0.2, 0.25) is 0 Å². The van der Waals surface area contributed by atoms with Crippen molar-refractivity contribution in [2.45, 2.75) is 20.3 Å². The molecule has 2 aromatic rings. The van der Waals surface area contributed by atoms with Gasteiger partial charge >= 0.3 is 0 Å². The Labute approximate surface area is 182 Å². The molecule has 30 heavy (non-hydrogen) atoms. The molecule has 4 rings (SSSR count). The van der Waals surface area contributed by atoms with Gasteiger partial charge in [-0.25, -0.2) is 0 Å². The zero-order chi connectivity index (χ0) is 20.9. The van der Waals surface area contributed by atoms with Crippen molar-refractivity contribution in [3.05, 3.63) is 64.6 Å². The van der Waals surface area contributed by atoms with Crippen LogP contribution in [0.25, 0.3) is 6.08 Å². The van der Waals surface area contributed by atoms with Gasteiger partial charge < -0.3 is 14.5 Å². The fourth-order valence-corrected chi connectivity index (χ4v) is 4.44. The van der Waals surface area contributed by atoms with Crippen molar-refractivity contribution in [2.75, 3.05) is 37.7 Å². The number of amides is 1. The fraction of sp³-hybridized carbons (Fsp3) is 0.333. The minimum absolute atomic E-state index is 0.151. The van der Waals surface area contributed by atoms with Gasteiger partial charge in [0.1, 0.15) is 5.75 Å². The number of aryl methyl sites for hydroxylation is 1. The van der Waals surface area contributed by atoms with Gasteiger partial charge in [-0.05, 0) is 61.0 Å². The number of amidine groups is 1. The lowest BCUT2D eigenvalue weighted by molar-refractivity contribution is -0.113. The minimum Gasteiger partial charge on any atom is -0.494 e. The van der Waals surface area contributed by atoms with Gasteiger partial charge in [-0.1, -0.05) is 36.8 Å². The fourth-order valence-electron chi connectivity index (χ4n) is 3.48. The van der Waals surface area contributed by atoms with Crippen LogP contribution in [0.5, 0.6) is 5.75 Å². The molecule has 2 aromatic carbocycles. The summed E-state index contributed by atoms with van der Waals surface area (Å²) in [5, 5.41) is 0.817. The van der Waals surface area contributed by atoms with Crippen molar-refractivity contribution in [3.8, 4) is 5.75 Å². The summed E-state index contributed by atoms with van der Waals surface area (Å²) in [5.74, 6) is 0.704. The van der Waals surface area contributed by atoms with E-state index in [1.807, 2.05) is 30.3 Å². The Morgan fingerprint density at radius 2 is 1.67 bits per heavy atom. The summed E-state index contributed by atoms with van der Waals surface area (Å²) in [6.07, 6.45) is 2.89. The summed E-state index contributed by atoms with van der Waals surface area (Å²) in [6.45, 7) is 8.48. The van der Waals surface area contributed by atoms with Gasteiger partial charge in [-0.15, -0.1) is 0 Å². The van der Waals surface area contributed by atoms with E-state index in [0.717, 1.165) is 49.1 Å². The number of benzene rings is 2. The SMILES string of the molecule is CCCOc1ccc(/C=C2/SC(N3CCN(c4ccc(C)cc4)CC3)=NC2=O)cc1. The molecule has 2 aliphatic rings. The number of piperazine rings is 1. The zero-order valence-electron chi connectivity index (χ0n) is 17.5. The third-order valence-corrected chi connectivity index (χ3v) is 6.25. The van der Waals surface area contributed by atoms with Crippen molar-refractivity contribution in [3.63, 3.8) is 0 Å². The van der Waals surface area contributed by atoms with Gasteiger partial charge in [0, 0.05) is 31.9 Å². The summed E-state index contributed by atoms with van der Waals surface area (Å²) in [5.41, 5.74) is 3.51. The molecule has 1 amide bonds. The summed E-state index contributed by atoms with van der Waals surface area (Å²) < 4.78 is 5.62. The summed E-state index contributed by atoms with van der Waals surface area (Å²) in [4.78, 5) is 22.0. The maximum absolute atomic E-state index is 12.4. The molecule has 1 saturated heterocycles. The van der Waals surface area contributed by atoms with Crippen molar-refractivity contribution in [1.82, 2.24) is 4.90 Å². The Balaban J connectivity index is 1.35. The van der Waals surface area contributed by atoms with Crippen LogP contribution in [0, 0.1) is 6.92 Å². The van der Waals surface area contributed by atoms with Crippen LogP contribution in [0.3, 0.4) is 0 Å². The molecule has 1 fully saturated rings. The van der Waals surface area contributed by atoms with E-state index in [2.05, 4.69) is 52.9 Å². The molecule has 5 nitrogen and oxygen atoms in total. The Morgan fingerprint density at radius 3 is 2.33 bits per heavy atom. The predicted molar refractivity (Wildman–Crippen MR) is 125 cm³/mol. The maximum Gasteiger partial charge on any atom is 0.286 e. The second-order valence-electron chi connectivity index (χ2n) is 7.54. The van der Waals surface area contributed by atoms with Crippen molar-refractivity contribution >= 4 is 34.6 Å². The topological polar surface area (TPSA) is 45.1 Å². The molecule has 0 unspecified atom stereocenters. The van der Waals surface area contributed by atoms with Gasteiger partial charge in [0.05, 0.1) is 11.5 Å². The second-order valence-corrected chi connectivity index (χ2v) is 8.55. The van der Waals surface area contributed by atoms with E-state index in [4.69, 9.17) is 4.74 Å². The molecule has 0 aromatic heterocycles. The Hall–Kier alpha value is -2.73. The highest BCUT2D eigenvalue weighted by atomic mass is 32.2. The van der Waals surface area contributed by atoms with Crippen LogP contribution in [0.1, 0.15) is 24.5 Å². The van der Waals surface area contributed by atoms with E-state index in [-0.39, 0.29) is 5.91 Å². The number of aliphatic imine (C=N–C) groups is 1. The summed E-state index contributed by atoms with van der Waals surface area (Å²) in [7, 11) is 0. The van der Waals surface area contributed by atoms with E-state index in [1.54, 1.807) is 0 Å². The summed E-state index contributed by atoms with van der Waals surface area (Å²) in [6, 6.07) is 16.5. The molecule has 0 N–H and O–H groups in total. The predicted octanol–water partition coefficient (Wildman–Crippen LogP) is 4.58. The lowest BCUT2D eigenvalue weighted by atomic mass is 10.2. The molecular weight excluding hydrogens is 394 g/mol. The number of nitrogens with zero attached hydrogens (tertiary/aromatic N) is 3. The molecule has 0 radical (unpaired) electrons. The highest BCUT2D eigenvalue weighted by Gasteiger charge is 2.28. The molecule has 0 spiro atoms. The van der Waals surface area contributed by atoms with Crippen molar-refractivity contribution in [1.29, 1.82) is 0 Å². The average Bonchev–Trinajstić information content (AvgIpc) is 3.14. The summed E-state index contributed by atoms with van der Waals surface area (Å²) >= 11 is 1.47. The highest BCUT2D eigenvalue weighted by molar-refractivity contribution is 8.18. The number of hydrogen-bond acceptors (Lipinski definition) is 5. The molecule has 2 aliphatic heterocycles. The monoisotopic (exact) mass is 421 g/mol. The number of thioether (sulfide) groups is 1. The largest absolute Gasteiger partial charge is 0.494 e. The van der Waals surface area contributed by atoms with Gasteiger partial charge in [0.25, 0.3) is 5.91 Å². The number of ether oxygens (including phenoxy) is 1. The maximum atomic E-state index is 12.4. The van der Waals surface area contributed by atoms with E-state index in [0.29, 0.717) is 11.5 Å². The van der Waals surface area contributed by atoms with Crippen molar-refractivity contribution in [2.24, 2.45) is 4.99 Å². The standard InChI is InChI=1S/C24H27N3O2S/c1-3-16-29-21-10-6-19(7-11-21)17-22-23(28)25-24(30-22)27-14-12-26(13-15-27)20-8-4-18(2)5-9-20/h4-11,17H,3,12-16H2,1-2H3/b22-17+. The molecule has 0 aliphatic carbocycles. The second kappa shape index (κ2) is 9.39. The average molecular weight is 422 g/mol. The molecule has 0 saturated carbocycles. The lowest BCUT2D eigenvalue weighted by Gasteiger charge is -2.36. The van der Waals surface area contributed by atoms with Crippen LogP contribution in [-0.4, -0.2) is 48.8 Å². The molecule has 156 valence electrons. The Morgan fingerprint density at radius 1 is 1.00 bits per heavy atom. The quantitative estimate of drug-likeness (QED) is 0.662. The van der Waals surface area contributed by atoms with Crippen LogP contribution in [-0.2, 0) is 4.79 Å². The first-order valence-electron chi connectivity index (χ1n) is 10.4. The molecular formula is C24H27N3O2S. The van der Waals surface area contributed by atoms with E-state index in [9.17, 15) is 4.79 Å². The molecule has 2 heterocycles. The lowest BCUT2D eigenvalue weighted by Crippen LogP contribution is -2.47. The zero-order valence-corrected chi connectivity index (χ0v) is 18.3.